The Hall–Kier alpha value is -2.10. The number of benzene rings is 2. The lowest BCUT2D eigenvalue weighted by Crippen LogP contribution is -1.90. The highest BCUT2D eigenvalue weighted by atomic mass is 16.6. The molecule has 15 heavy (non-hydrogen) atoms. The number of fused-ring (bicyclic) bond motifs is 1. The minimum absolute atomic E-state index is 0.355. The van der Waals surface area contributed by atoms with Gasteiger partial charge in [-0.1, -0.05) is 24.3 Å². The van der Waals surface area contributed by atoms with Crippen LogP contribution in [0.5, 0.6) is 5.75 Å². The SMILES string of the molecule is Cc1c([O])c([N+](=O)[O-])cc2ccccc12. The normalized spacial score (nSPS) is 10.5. The summed E-state index contributed by atoms with van der Waals surface area (Å²) in [6.07, 6.45) is 0. The fraction of sp³-hybridized carbons (Fsp3) is 0.0909. The third-order valence-corrected chi connectivity index (χ3v) is 2.43. The molecule has 0 amide bonds. The van der Waals surface area contributed by atoms with Gasteiger partial charge in [0.25, 0.3) is 5.75 Å². The molecule has 0 fully saturated rings. The Bertz CT molecular complexity index is 549. The summed E-state index contributed by atoms with van der Waals surface area (Å²) in [7, 11) is 0. The van der Waals surface area contributed by atoms with Crippen LogP contribution in [-0.2, 0) is 5.11 Å². The van der Waals surface area contributed by atoms with E-state index in [-0.39, 0.29) is 5.69 Å². The van der Waals surface area contributed by atoms with Gasteiger partial charge in [-0.25, -0.2) is 0 Å². The predicted molar refractivity (Wildman–Crippen MR) is 55.5 cm³/mol. The predicted octanol–water partition coefficient (Wildman–Crippen LogP) is 3.20. The van der Waals surface area contributed by atoms with Crippen LogP contribution in [-0.4, -0.2) is 4.92 Å². The number of nitro groups is 1. The summed E-state index contributed by atoms with van der Waals surface area (Å²) in [4.78, 5) is 9.99. The van der Waals surface area contributed by atoms with E-state index in [4.69, 9.17) is 0 Å². The van der Waals surface area contributed by atoms with Gasteiger partial charge in [0.1, 0.15) is 0 Å². The third kappa shape index (κ3) is 1.40. The molecule has 0 spiro atoms. The average Bonchev–Trinajstić information content (AvgIpc) is 2.23. The molecule has 0 aromatic heterocycles. The van der Waals surface area contributed by atoms with Gasteiger partial charge in [0, 0.05) is 11.6 Å². The summed E-state index contributed by atoms with van der Waals surface area (Å²) in [5, 5.41) is 23.7. The van der Waals surface area contributed by atoms with Gasteiger partial charge in [-0.05, 0) is 17.7 Å². The van der Waals surface area contributed by atoms with Crippen molar-refractivity contribution in [3.05, 3.63) is 46.0 Å². The van der Waals surface area contributed by atoms with Gasteiger partial charge in [0.2, 0.25) is 0 Å². The van der Waals surface area contributed by atoms with Gasteiger partial charge in [-0.15, -0.1) is 0 Å². The first kappa shape index (κ1) is 9.45. The van der Waals surface area contributed by atoms with E-state index in [1.54, 1.807) is 31.2 Å². The fourth-order valence-electron chi connectivity index (χ4n) is 1.63. The van der Waals surface area contributed by atoms with Crippen LogP contribution >= 0.6 is 0 Å². The van der Waals surface area contributed by atoms with Crippen molar-refractivity contribution >= 4 is 16.5 Å². The lowest BCUT2D eigenvalue weighted by atomic mass is 10.0. The van der Waals surface area contributed by atoms with Crippen molar-refractivity contribution in [1.29, 1.82) is 0 Å². The molecule has 4 heteroatoms. The molecule has 0 atom stereocenters. The zero-order valence-corrected chi connectivity index (χ0v) is 8.06. The molecule has 0 saturated heterocycles. The first-order valence-electron chi connectivity index (χ1n) is 4.45. The zero-order valence-electron chi connectivity index (χ0n) is 8.06. The van der Waals surface area contributed by atoms with Crippen LogP contribution in [0.4, 0.5) is 5.69 Å². The van der Waals surface area contributed by atoms with Crippen LogP contribution in [0.2, 0.25) is 0 Å². The van der Waals surface area contributed by atoms with E-state index in [1.165, 1.54) is 6.07 Å². The second kappa shape index (κ2) is 3.24. The van der Waals surface area contributed by atoms with Crippen molar-refractivity contribution in [3.63, 3.8) is 0 Å². The molecular formula is C11H8NO3. The Morgan fingerprint density at radius 3 is 2.60 bits per heavy atom. The third-order valence-electron chi connectivity index (χ3n) is 2.43. The van der Waals surface area contributed by atoms with Crippen molar-refractivity contribution in [2.24, 2.45) is 0 Å². The Labute approximate surface area is 85.9 Å². The maximum Gasteiger partial charge on any atom is 0.317 e. The molecule has 0 aliphatic heterocycles. The van der Waals surface area contributed by atoms with Crippen LogP contribution in [0.3, 0.4) is 0 Å². The van der Waals surface area contributed by atoms with Gasteiger partial charge in [0.05, 0.1) is 4.92 Å². The highest BCUT2D eigenvalue weighted by molar-refractivity contribution is 5.90. The first-order valence-corrected chi connectivity index (χ1v) is 4.45. The summed E-state index contributed by atoms with van der Waals surface area (Å²) < 4.78 is 0. The van der Waals surface area contributed by atoms with Crippen molar-refractivity contribution < 1.29 is 10.0 Å². The molecule has 0 N–H and O–H groups in total. The summed E-state index contributed by atoms with van der Waals surface area (Å²) in [5.74, 6) is -0.501. The van der Waals surface area contributed by atoms with Gasteiger partial charge in [-0.3, -0.25) is 15.2 Å². The minimum atomic E-state index is -0.637. The fourth-order valence-corrected chi connectivity index (χ4v) is 1.63. The van der Waals surface area contributed by atoms with Crippen molar-refractivity contribution in [2.75, 3.05) is 0 Å². The minimum Gasteiger partial charge on any atom is -0.282 e. The number of nitrogens with zero attached hydrogens (tertiary/aromatic N) is 1. The second-order valence-electron chi connectivity index (χ2n) is 3.33. The van der Waals surface area contributed by atoms with Gasteiger partial charge >= 0.3 is 5.69 Å². The largest absolute Gasteiger partial charge is 0.317 e. The maximum absolute atomic E-state index is 11.6. The van der Waals surface area contributed by atoms with E-state index >= 15 is 0 Å². The monoisotopic (exact) mass is 202 g/mol. The van der Waals surface area contributed by atoms with Crippen LogP contribution in [0.25, 0.3) is 10.8 Å². The lowest BCUT2D eigenvalue weighted by molar-refractivity contribution is -0.386. The highest BCUT2D eigenvalue weighted by Crippen LogP contribution is 2.35. The number of hydrogen-bond acceptors (Lipinski definition) is 2. The Balaban J connectivity index is 2.88. The number of aryl methyl sites for hydroxylation is 1. The van der Waals surface area contributed by atoms with E-state index < -0.39 is 10.7 Å². The molecule has 1 radical (unpaired) electrons. The van der Waals surface area contributed by atoms with Crippen LogP contribution < -0.4 is 0 Å². The summed E-state index contributed by atoms with van der Waals surface area (Å²) in [6, 6.07) is 8.46. The number of hydrogen-bond donors (Lipinski definition) is 0. The van der Waals surface area contributed by atoms with Gasteiger partial charge in [-0.2, -0.15) is 0 Å². The summed E-state index contributed by atoms with van der Waals surface area (Å²) in [6.45, 7) is 1.61. The van der Waals surface area contributed by atoms with E-state index in [1.807, 2.05) is 0 Å². The topological polar surface area (TPSA) is 63.0 Å². The molecule has 75 valence electrons. The van der Waals surface area contributed by atoms with Crippen LogP contribution in [0, 0.1) is 17.0 Å². The molecule has 0 saturated carbocycles. The molecule has 0 unspecified atom stereocenters. The van der Waals surface area contributed by atoms with E-state index in [0.717, 1.165) is 10.8 Å². The van der Waals surface area contributed by atoms with Crippen LogP contribution in [0.15, 0.2) is 30.3 Å². The van der Waals surface area contributed by atoms with Crippen molar-refractivity contribution in [1.82, 2.24) is 0 Å². The van der Waals surface area contributed by atoms with E-state index in [0.29, 0.717) is 5.56 Å². The quantitative estimate of drug-likeness (QED) is 0.526. The smallest absolute Gasteiger partial charge is 0.282 e. The molecule has 0 heterocycles. The van der Waals surface area contributed by atoms with Crippen molar-refractivity contribution in [2.45, 2.75) is 6.92 Å². The number of rotatable bonds is 1. The number of nitro benzene ring substituents is 1. The van der Waals surface area contributed by atoms with E-state index in [2.05, 4.69) is 0 Å². The lowest BCUT2D eigenvalue weighted by Gasteiger charge is -2.03. The highest BCUT2D eigenvalue weighted by Gasteiger charge is 2.19. The Morgan fingerprint density at radius 1 is 1.27 bits per heavy atom. The van der Waals surface area contributed by atoms with E-state index in [9.17, 15) is 15.2 Å². The maximum atomic E-state index is 11.6. The molecule has 0 aliphatic carbocycles. The summed E-state index contributed by atoms with van der Waals surface area (Å²) in [5.41, 5.74) is 0.0750. The molecule has 2 aromatic carbocycles. The van der Waals surface area contributed by atoms with Crippen LogP contribution in [0.1, 0.15) is 5.56 Å². The Morgan fingerprint density at radius 2 is 1.93 bits per heavy atom. The average molecular weight is 202 g/mol. The second-order valence-corrected chi connectivity index (χ2v) is 3.33. The van der Waals surface area contributed by atoms with Gasteiger partial charge < -0.3 is 0 Å². The molecule has 4 nitrogen and oxygen atoms in total. The summed E-state index contributed by atoms with van der Waals surface area (Å²) >= 11 is 0. The van der Waals surface area contributed by atoms with Crippen molar-refractivity contribution in [3.8, 4) is 5.75 Å². The molecule has 0 aliphatic rings. The first-order chi connectivity index (χ1) is 7.11. The standard InChI is InChI=1S/C11H8NO3/c1-7-9-5-3-2-4-8(9)6-10(11(7)13)12(14)15/h2-6H,1H3. The zero-order chi connectivity index (χ0) is 11.0. The molecule has 2 aromatic rings. The molecular weight excluding hydrogens is 194 g/mol. The van der Waals surface area contributed by atoms with Gasteiger partial charge in [0.15, 0.2) is 0 Å². The molecule has 2 rings (SSSR count). The Kier molecular flexibility index (Phi) is 2.04. The molecule has 0 bridgehead atoms.